The van der Waals surface area contributed by atoms with E-state index in [1.165, 1.54) is 32.1 Å². The number of hydrogen-bond donors (Lipinski definition) is 0. The molecule has 0 unspecified atom stereocenters. The van der Waals surface area contributed by atoms with Crippen LogP contribution in [0, 0.1) is 0 Å². The second-order valence-electron chi connectivity index (χ2n) is 3.89. The number of rotatable bonds is 9. The molecule has 2 nitrogen and oxygen atoms in total. The zero-order valence-corrected chi connectivity index (χ0v) is 9.68. The lowest BCUT2D eigenvalue weighted by Crippen LogP contribution is -2.10. The Morgan fingerprint density at radius 3 is 1.86 bits per heavy atom. The quantitative estimate of drug-likeness (QED) is 0.244. The topological polar surface area (TPSA) is 34.4 Å². The van der Waals surface area contributed by atoms with Crippen molar-refractivity contribution < 1.29 is 9.83 Å². The molecule has 0 atom stereocenters. The molecule has 0 fully saturated rings. The summed E-state index contributed by atoms with van der Waals surface area (Å²) < 4.78 is 4.14. The molecule has 0 amide bonds. The van der Waals surface area contributed by atoms with Gasteiger partial charge in [0.1, 0.15) is 0 Å². The summed E-state index contributed by atoms with van der Waals surface area (Å²) in [6.45, 7) is 4.36. The van der Waals surface area contributed by atoms with Crippen molar-refractivity contribution in [3.63, 3.8) is 0 Å². The predicted octanol–water partition coefficient (Wildman–Crippen LogP) is 2.92. The fourth-order valence-corrected chi connectivity index (χ4v) is 1.53. The Morgan fingerprint density at radius 2 is 1.36 bits per heavy atom. The minimum absolute atomic E-state index is 0.759. The molecule has 0 aromatic carbocycles. The third-order valence-corrected chi connectivity index (χ3v) is 2.49. The van der Waals surface area contributed by atoms with E-state index in [9.17, 15) is 5.26 Å². The molecule has 0 aliphatic carbocycles. The molecule has 0 spiro atoms. The molecule has 2 heteroatoms. The zero-order chi connectivity index (χ0) is 10.6. The Hall–Kier alpha value is -0.530. The first-order chi connectivity index (χ1) is 6.85. The smallest absolute Gasteiger partial charge is 0.329 e. The SMILES string of the molecule is CCCCCCC(CCCCC)=[O+][O-]. The summed E-state index contributed by atoms with van der Waals surface area (Å²) in [5.41, 5.74) is 0. The van der Waals surface area contributed by atoms with Gasteiger partial charge in [-0.3, -0.25) is 0 Å². The third kappa shape index (κ3) is 8.09. The van der Waals surface area contributed by atoms with Crippen molar-refractivity contribution in [3.05, 3.63) is 0 Å². The first-order valence-corrected chi connectivity index (χ1v) is 5.99. The van der Waals surface area contributed by atoms with Gasteiger partial charge in [-0.05, 0) is 12.8 Å². The van der Waals surface area contributed by atoms with Crippen LogP contribution in [0.2, 0.25) is 0 Å². The lowest BCUT2D eigenvalue weighted by Gasteiger charge is -1.97. The maximum atomic E-state index is 10.4. The summed E-state index contributed by atoms with van der Waals surface area (Å²) in [4.78, 5) is 0. The Morgan fingerprint density at radius 1 is 0.857 bits per heavy atom. The summed E-state index contributed by atoms with van der Waals surface area (Å²) in [5, 5.41) is 10.4. The summed E-state index contributed by atoms with van der Waals surface area (Å²) in [7, 11) is 0. The highest BCUT2D eigenvalue weighted by Gasteiger charge is 2.09. The van der Waals surface area contributed by atoms with Crippen LogP contribution in [0.15, 0.2) is 0 Å². The molecule has 0 aromatic rings. The minimum Gasteiger partial charge on any atom is -0.463 e. The molecule has 0 N–H and O–H groups in total. The van der Waals surface area contributed by atoms with E-state index in [1.54, 1.807) is 0 Å². The number of hydrogen-bond acceptors (Lipinski definition) is 1. The Labute approximate surface area is 88.0 Å². The highest BCUT2D eigenvalue weighted by Crippen LogP contribution is 2.07. The van der Waals surface area contributed by atoms with Crippen LogP contribution in [0.3, 0.4) is 0 Å². The highest BCUT2D eigenvalue weighted by atomic mass is 17.1. The maximum absolute atomic E-state index is 10.4. The van der Waals surface area contributed by atoms with Gasteiger partial charge in [-0.1, -0.05) is 46.0 Å². The molecule has 0 radical (unpaired) electrons. The molecule has 0 bridgehead atoms. The van der Waals surface area contributed by atoms with Gasteiger partial charge in [-0.2, -0.15) is 4.58 Å². The molecule has 84 valence electrons. The van der Waals surface area contributed by atoms with Crippen molar-refractivity contribution >= 4 is 5.78 Å². The van der Waals surface area contributed by atoms with Crippen LogP contribution in [0.5, 0.6) is 0 Å². The van der Waals surface area contributed by atoms with Gasteiger partial charge in [0.2, 0.25) is 0 Å². The molecule has 0 heterocycles. The Kier molecular flexibility index (Phi) is 10.2. The van der Waals surface area contributed by atoms with E-state index in [4.69, 9.17) is 0 Å². The number of ketones is 1. The van der Waals surface area contributed by atoms with E-state index < -0.39 is 0 Å². The first kappa shape index (κ1) is 13.5. The van der Waals surface area contributed by atoms with E-state index in [0.717, 1.165) is 31.5 Å². The van der Waals surface area contributed by atoms with Gasteiger partial charge in [0, 0.05) is 0 Å². The van der Waals surface area contributed by atoms with Crippen molar-refractivity contribution in [2.24, 2.45) is 0 Å². The van der Waals surface area contributed by atoms with E-state index in [2.05, 4.69) is 18.4 Å². The standard InChI is InChI=1S/C12H24O2/c1-3-5-7-9-11-12(14-13)10-8-6-4-2/h3-11H2,1-2H3. The predicted molar refractivity (Wildman–Crippen MR) is 57.9 cm³/mol. The van der Waals surface area contributed by atoms with Gasteiger partial charge in [0.05, 0.1) is 12.8 Å². The van der Waals surface area contributed by atoms with Gasteiger partial charge >= 0.3 is 5.78 Å². The summed E-state index contributed by atoms with van der Waals surface area (Å²) in [5.74, 6) is 0.759. The fraction of sp³-hybridized carbons (Fsp3) is 0.917. The number of unbranched alkanes of at least 4 members (excludes halogenated alkanes) is 5. The van der Waals surface area contributed by atoms with Crippen molar-refractivity contribution in [3.8, 4) is 0 Å². The van der Waals surface area contributed by atoms with Gasteiger partial charge in [-0.25, -0.2) is 0 Å². The van der Waals surface area contributed by atoms with Crippen LogP contribution >= 0.6 is 0 Å². The molecule has 0 aromatic heterocycles. The summed E-state index contributed by atoms with van der Waals surface area (Å²) in [6.07, 6.45) is 10.1. The van der Waals surface area contributed by atoms with Gasteiger partial charge in [0.25, 0.3) is 0 Å². The zero-order valence-electron chi connectivity index (χ0n) is 9.68. The average Bonchev–Trinajstić information content (AvgIpc) is 2.22. The van der Waals surface area contributed by atoms with Crippen LogP contribution in [-0.4, -0.2) is 5.78 Å². The lowest BCUT2D eigenvalue weighted by atomic mass is 10.1. The first-order valence-electron chi connectivity index (χ1n) is 5.99. The van der Waals surface area contributed by atoms with Crippen LogP contribution in [0.1, 0.15) is 71.6 Å². The third-order valence-electron chi connectivity index (χ3n) is 2.49. The highest BCUT2D eigenvalue weighted by molar-refractivity contribution is 5.78. The average molecular weight is 200 g/mol. The second kappa shape index (κ2) is 10.6. The van der Waals surface area contributed by atoms with E-state index >= 15 is 0 Å². The van der Waals surface area contributed by atoms with E-state index in [-0.39, 0.29) is 0 Å². The van der Waals surface area contributed by atoms with Crippen molar-refractivity contribution in [2.45, 2.75) is 71.6 Å². The van der Waals surface area contributed by atoms with Crippen molar-refractivity contribution in [1.82, 2.24) is 0 Å². The Balaban J connectivity index is 3.39. The van der Waals surface area contributed by atoms with Crippen LogP contribution in [0.25, 0.3) is 0 Å². The monoisotopic (exact) mass is 200 g/mol. The van der Waals surface area contributed by atoms with E-state index in [0.29, 0.717) is 0 Å². The fourth-order valence-electron chi connectivity index (χ4n) is 1.53. The molecule has 14 heavy (non-hydrogen) atoms. The summed E-state index contributed by atoms with van der Waals surface area (Å²) in [6, 6.07) is 0. The largest absolute Gasteiger partial charge is 0.463 e. The van der Waals surface area contributed by atoms with Crippen molar-refractivity contribution in [1.29, 1.82) is 0 Å². The molecule has 0 aliphatic rings. The van der Waals surface area contributed by atoms with Gasteiger partial charge in [-0.15, -0.1) is 0 Å². The van der Waals surface area contributed by atoms with Crippen LogP contribution < -0.4 is 5.26 Å². The summed E-state index contributed by atoms with van der Waals surface area (Å²) >= 11 is 0. The molecule has 0 aliphatic heterocycles. The molecular formula is C12H24O2. The lowest BCUT2D eigenvalue weighted by molar-refractivity contribution is -1.05. The van der Waals surface area contributed by atoms with Gasteiger partial charge < -0.3 is 5.26 Å². The number of carbonyl (C=O) groups excluding carboxylic acids is 1. The van der Waals surface area contributed by atoms with E-state index in [1.807, 2.05) is 0 Å². The van der Waals surface area contributed by atoms with Gasteiger partial charge in [0.15, 0.2) is 0 Å². The van der Waals surface area contributed by atoms with Crippen LogP contribution in [-0.2, 0) is 4.58 Å². The molecule has 0 saturated heterocycles. The molecular weight excluding hydrogens is 176 g/mol. The van der Waals surface area contributed by atoms with Crippen molar-refractivity contribution in [2.75, 3.05) is 0 Å². The normalized spacial score (nSPS) is 12.0. The molecule has 0 saturated carbocycles. The minimum atomic E-state index is 0.759. The second-order valence-corrected chi connectivity index (χ2v) is 3.89. The molecule has 0 rings (SSSR count). The van der Waals surface area contributed by atoms with Crippen LogP contribution in [0.4, 0.5) is 0 Å². The Bertz CT molecular complexity index is 141. The maximum Gasteiger partial charge on any atom is 0.329 e.